The van der Waals surface area contributed by atoms with E-state index in [1.807, 2.05) is 66.7 Å². The Kier molecular flexibility index (Phi) is 19.0. The second kappa shape index (κ2) is 26.2. The zero-order valence-corrected chi connectivity index (χ0v) is 49.7. The summed E-state index contributed by atoms with van der Waals surface area (Å²) in [7, 11) is 0. The normalized spacial score (nSPS) is 23.4. The van der Waals surface area contributed by atoms with Crippen LogP contribution in [0.5, 0.6) is 0 Å². The van der Waals surface area contributed by atoms with Crippen LogP contribution in [-0.4, -0.2) is 77.9 Å². The summed E-state index contributed by atoms with van der Waals surface area (Å²) in [4.78, 5) is 35.4. The number of aryl methyl sites for hydroxylation is 3. The molecule has 3 heterocycles. The highest BCUT2D eigenvalue weighted by molar-refractivity contribution is 8.16. The van der Waals surface area contributed by atoms with Gasteiger partial charge in [-0.15, -0.1) is 0 Å². The van der Waals surface area contributed by atoms with Crippen molar-refractivity contribution in [3.8, 4) is 0 Å². The number of rotatable bonds is 11. The zero-order valence-electron chi connectivity index (χ0n) is 47.2. The Bertz CT molecular complexity index is 3520. The molecule has 6 N–H and O–H groups in total. The lowest BCUT2D eigenvalue weighted by molar-refractivity contribution is -0.135. The number of nitrogens with two attached hydrogens (primary N) is 1. The van der Waals surface area contributed by atoms with Gasteiger partial charge in [0.05, 0.1) is 0 Å². The standard InChI is InChI=1S/2C21H21F2N3O2S.C21H21F2N3OS/c2*1-13(27)26-21(29-20(25-26)17-12-16(22)8-9-19(17)23)15(10-11-24-28)7-6-14-4-2-3-5-18(14)21;1-13(27)26-21(28-20(25-26)17-12-16(22)8-9-19(17)23)15(10-11-24)7-6-14-4-2-3-5-18(14)21/h2*2-5,8-9,12,15,24,28H,6-7,10-11H2,1H3;2-5,8-9,12,15H,6-7,10-11,24H2,1H3/t15-,21+;15-,21-;15-,21+/m101/s1. The average Bonchev–Trinajstić information content (AvgIpc) is 1.63. The molecule has 12 rings (SSSR count). The molecule has 6 aromatic rings. The quantitative estimate of drug-likeness (QED) is 0.0613. The Labute approximate surface area is 506 Å². The lowest BCUT2D eigenvalue weighted by atomic mass is 9.77. The average molecular weight is 1240 g/mol. The fraction of sp³-hybridized carbons (Fsp3) is 0.333. The molecule has 6 atom stereocenters. The van der Waals surface area contributed by atoms with Crippen molar-refractivity contribution in [3.63, 3.8) is 0 Å². The molecule has 6 aromatic carbocycles. The van der Waals surface area contributed by atoms with Gasteiger partial charge in [-0.2, -0.15) is 15.3 Å². The van der Waals surface area contributed by atoms with Crippen LogP contribution in [0.1, 0.15) is 109 Å². The molecular weight excluding hydrogens is 1170 g/mol. The Hall–Kier alpha value is -6.83. The first-order valence-corrected chi connectivity index (χ1v) is 30.7. The molecule has 0 unspecified atom stereocenters. The predicted octanol–water partition coefficient (Wildman–Crippen LogP) is 12.0. The maximum Gasteiger partial charge on any atom is 0.241 e. The van der Waals surface area contributed by atoms with Crippen LogP contribution in [0.15, 0.2) is 143 Å². The molecule has 3 amide bonds. The third kappa shape index (κ3) is 11.6. The van der Waals surface area contributed by atoms with E-state index in [4.69, 9.17) is 16.1 Å². The van der Waals surface area contributed by atoms with Crippen molar-refractivity contribution in [2.75, 3.05) is 19.6 Å². The highest BCUT2D eigenvalue weighted by Gasteiger charge is 2.58. The highest BCUT2D eigenvalue weighted by Crippen LogP contribution is 2.60. The molecule has 6 aliphatic rings. The van der Waals surface area contributed by atoms with Gasteiger partial charge in [0.15, 0.2) is 0 Å². The number of benzene rings is 6. The first kappa shape index (κ1) is 62.2. The first-order chi connectivity index (χ1) is 41.4. The van der Waals surface area contributed by atoms with E-state index in [0.29, 0.717) is 43.9 Å². The summed E-state index contributed by atoms with van der Waals surface area (Å²) in [6.07, 6.45) is 6.87. The first-order valence-electron chi connectivity index (χ1n) is 28.2. The van der Waals surface area contributed by atoms with Crippen molar-refractivity contribution < 1.29 is 51.1 Å². The number of fused-ring (bicyclic) bond motifs is 6. The molecule has 3 aliphatic carbocycles. The number of thioether (sulfide) groups is 3. The Morgan fingerprint density at radius 2 is 0.779 bits per heavy atom. The van der Waals surface area contributed by atoms with Gasteiger partial charge < -0.3 is 16.1 Å². The van der Waals surface area contributed by atoms with E-state index in [2.05, 4.69) is 32.3 Å². The molecule has 3 spiro atoms. The van der Waals surface area contributed by atoms with E-state index in [1.165, 1.54) is 71.1 Å². The van der Waals surface area contributed by atoms with E-state index in [-0.39, 0.29) is 62.3 Å². The lowest BCUT2D eigenvalue weighted by Gasteiger charge is -2.45. The monoisotopic (exact) mass is 1240 g/mol. The minimum atomic E-state index is -0.869. The molecule has 0 aromatic heterocycles. The third-order valence-electron chi connectivity index (χ3n) is 16.5. The number of halogens is 6. The summed E-state index contributed by atoms with van der Waals surface area (Å²) in [5, 5.41) is 36.8. The highest BCUT2D eigenvalue weighted by atomic mass is 32.2. The number of hydrazone groups is 3. The van der Waals surface area contributed by atoms with Crippen LogP contribution in [0.2, 0.25) is 0 Å². The van der Waals surface area contributed by atoms with Crippen LogP contribution < -0.4 is 16.7 Å². The number of nitrogens with one attached hydrogen (secondary N) is 2. The van der Waals surface area contributed by atoms with Crippen LogP contribution in [-0.2, 0) is 48.3 Å². The van der Waals surface area contributed by atoms with Crippen molar-refractivity contribution in [1.29, 1.82) is 0 Å². The molecular formula is C63H63F6N9O5S3. The molecule has 450 valence electrons. The third-order valence-corrected chi connectivity index (χ3v) is 21.1. The molecule has 0 bridgehead atoms. The van der Waals surface area contributed by atoms with E-state index < -0.39 is 49.5 Å². The van der Waals surface area contributed by atoms with Gasteiger partial charge in [-0.3, -0.25) is 14.4 Å². The second-order valence-electron chi connectivity index (χ2n) is 21.6. The molecule has 0 fully saturated rings. The molecule has 14 nitrogen and oxygen atoms in total. The van der Waals surface area contributed by atoms with Gasteiger partial charge in [0.25, 0.3) is 0 Å². The molecule has 23 heteroatoms. The van der Waals surface area contributed by atoms with Gasteiger partial charge in [-0.05, 0) is 170 Å². The van der Waals surface area contributed by atoms with Gasteiger partial charge in [-0.25, -0.2) is 52.3 Å². The van der Waals surface area contributed by atoms with Gasteiger partial charge in [0.2, 0.25) is 17.7 Å². The fourth-order valence-electron chi connectivity index (χ4n) is 12.8. The largest absolute Gasteiger partial charge is 0.330 e. The number of hydrogen-bond acceptors (Lipinski definition) is 14. The van der Waals surface area contributed by atoms with Gasteiger partial charge in [-0.1, -0.05) is 108 Å². The SMILES string of the molecule is CC(=O)N1N=C(c2cc(F)ccc2F)S[C@@]12c1ccccc1CC[C@@H]2CCN.CC(=O)N1N=C(c2cc(F)ccc2F)S[C@@]12c1ccccc1CC[C@@H]2CCNO.CC(=O)N1N=C(c2cc(F)ccc2F)S[C@@]12c1ccccc1CC[C@H]2CCNO. The molecule has 0 radical (unpaired) electrons. The molecule has 86 heavy (non-hydrogen) atoms. The summed E-state index contributed by atoms with van der Waals surface area (Å²) in [6, 6.07) is 33.4. The summed E-state index contributed by atoms with van der Waals surface area (Å²) >= 11 is 3.90. The summed E-state index contributed by atoms with van der Waals surface area (Å²) in [5.41, 5.74) is 16.7. The maximum atomic E-state index is 14.5. The number of carbonyl (C=O) groups is 3. The van der Waals surface area contributed by atoms with Crippen LogP contribution in [0.4, 0.5) is 26.3 Å². The summed E-state index contributed by atoms with van der Waals surface area (Å²) in [6.45, 7) is 5.48. The Balaban J connectivity index is 0.000000143. The Morgan fingerprint density at radius 1 is 0.488 bits per heavy atom. The van der Waals surface area contributed by atoms with Gasteiger partial charge in [0, 0.05) is 50.6 Å². The maximum absolute atomic E-state index is 14.5. The van der Waals surface area contributed by atoms with Crippen molar-refractivity contribution in [2.45, 2.75) is 93.2 Å². The smallest absolute Gasteiger partial charge is 0.241 e. The van der Waals surface area contributed by atoms with Gasteiger partial charge >= 0.3 is 0 Å². The van der Waals surface area contributed by atoms with Crippen molar-refractivity contribution in [2.24, 2.45) is 38.8 Å². The molecule has 0 saturated carbocycles. The van der Waals surface area contributed by atoms with Crippen LogP contribution in [0, 0.1) is 52.7 Å². The molecule has 3 aliphatic heterocycles. The predicted molar refractivity (Wildman–Crippen MR) is 321 cm³/mol. The van der Waals surface area contributed by atoms with Crippen LogP contribution in [0.25, 0.3) is 0 Å². The van der Waals surface area contributed by atoms with E-state index in [0.717, 1.165) is 127 Å². The number of hydrogen-bond donors (Lipinski definition) is 5. The lowest BCUT2D eigenvalue weighted by Crippen LogP contribution is -2.49. The number of carbonyl (C=O) groups excluding carboxylic acids is 3. The Morgan fingerprint density at radius 3 is 1.06 bits per heavy atom. The zero-order chi connectivity index (χ0) is 61.1. The van der Waals surface area contributed by atoms with E-state index in [9.17, 15) is 40.7 Å². The number of amides is 3. The number of hydroxylamine groups is 2. The summed E-state index contributed by atoms with van der Waals surface area (Å²) < 4.78 is 84.9. The minimum Gasteiger partial charge on any atom is -0.330 e. The minimum absolute atomic E-state index is 0.0381. The van der Waals surface area contributed by atoms with E-state index in [1.54, 1.807) is 0 Å². The van der Waals surface area contributed by atoms with Gasteiger partial charge in [0.1, 0.15) is 64.6 Å². The number of nitrogens with zero attached hydrogens (tertiary/aromatic N) is 6. The van der Waals surface area contributed by atoms with Crippen molar-refractivity contribution in [3.05, 3.63) is 212 Å². The van der Waals surface area contributed by atoms with Crippen LogP contribution >= 0.6 is 35.3 Å². The van der Waals surface area contributed by atoms with Crippen LogP contribution in [0.3, 0.4) is 0 Å². The van der Waals surface area contributed by atoms with E-state index >= 15 is 0 Å². The topological polar surface area (TPSA) is 189 Å². The van der Waals surface area contributed by atoms with Crippen molar-refractivity contribution >= 4 is 68.1 Å². The second-order valence-corrected chi connectivity index (χ2v) is 25.3. The van der Waals surface area contributed by atoms with Crippen molar-refractivity contribution in [1.82, 2.24) is 26.0 Å². The summed E-state index contributed by atoms with van der Waals surface area (Å²) in [5.74, 6) is -4.22. The fourth-order valence-corrected chi connectivity index (χ4v) is 17.8. The molecule has 0 saturated heterocycles.